The number of rotatable bonds is 4. The smallest absolute Gasteiger partial charge is 0.298 e. The fraction of sp³-hybridized carbons (Fsp3) is 0.417. The van der Waals surface area contributed by atoms with Crippen LogP contribution in [-0.2, 0) is 4.79 Å². The van der Waals surface area contributed by atoms with Gasteiger partial charge in [0.15, 0.2) is 5.58 Å². The van der Waals surface area contributed by atoms with Crippen LogP contribution in [0.5, 0.6) is 0 Å². The van der Waals surface area contributed by atoms with Gasteiger partial charge in [-0.15, -0.1) is 0 Å². The summed E-state index contributed by atoms with van der Waals surface area (Å²) in [7, 11) is 2.13. The topological polar surface area (TPSA) is 64.8 Å². The summed E-state index contributed by atoms with van der Waals surface area (Å²) in [6.45, 7) is 5.36. The number of hydrogen-bond acceptors (Lipinski definition) is 6. The number of para-hydroxylation sites is 2. The number of anilines is 3. The molecule has 0 radical (unpaired) electrons. The van der Waals surface area contributed by atoms with Crippen molar-refractivity contribution in [3.63, 3.8) is 0 Å². The Bertz CT molecular complexity index is 1070. The zero-order valence-corrected chi connectivity index (χ0v) is 19.0. The molecule has 3 heterocycles. The van der Waals surface area contributed by atoms with E-state index in [0.29, 0.717) is 11.0 Å². The largest absolute Gasteiger partial charge is 0.423 e. The molecule has 2 aliphatic rings. The molecule has 7 nitrogen and oxygen atoms in total. The average molecular weight is 454 g/mol. The summed E-state index contributed by atoms with van der Waals surface area (Å²) < 4.78 is 5.89. The van der Waals surface area contributed by atoms with Gasteiger partial charge in [-0.25, -0.2) is 0 Å². The van der Waals surface area contributed by atoms with Gasteiger partial charge >= 0.3 is 0 Å². The van der Waals surface area contributed by atoms with Crippen molar-refractivity contribution in [2.24, 2.45) is 5.92 Å². The quantitative estimate of drug-likeness (QED) is 0.642. The Hall–Kier alpha value is -2.77. The first-order valence-corrected chi connectivity index (χ1v) is 11.6. The summed E-state index contributed by atoms with van der Waals surface area (Å²) in [6.07, 6.45) is 1.52. The Morgan fingerprint density at radius 1 is 1.03 bits per heavy atom. The van der Waals surface area contributed by atoms with Crippen molar-refractivity contribution in [3.8, 4) is 0 Å². The second-order valence-electron chi connectivity index (χ2n) is 8.67. The van der Waals surface area contributed by atoms with Gasteiger partial charge in [-0.2, -0.15) is 4.98 Å². The maximum atomic E-state index is 13.1. The van der Waals surface area contributed by atoms with Crippen LogP contribution in [0.4, 0.5) is 17.4 Å². The van der Waals surface area contributed by atoms with Gasteiger partial charge < -0.3 is 24.4 Å². The van der Waals surface area contributed by atoms with Gasteiger partial charge in [-0.3, -0.25) is 4.79 Å². The molecule has 168 valence electrons. The number of aromatic nitrogens is 1. The normalized spacial score (nSPS) is 18.3. The average Bonchev–Trinajstić information content (AvgIpc) is 3.24. The molecular formula is C24H28ClN5O2. The number of carbonyl (C=O) groups is 1. The molecule has 1 N–H and O–H groups in total. The summed E-state index contributed by atoms with van der Waals surface area (Å²) in [5.74, 6) is 0.00908. The van der Waals surface area contributed by atoms with E-state index < -0.39 is 0 Å². The van der Waals surface area contributed by atoms with E-state index in [-0.39, 0.29) is 11.8 Å². The van der Waals surface area contributed by atoms with E-state index in [1.54, 1.807) is 0 Å². The fourth-order valence-corrected chi connectivity index (χ4v) is 4.67. The van der Waals surface area contributed by atoms with Crippen molar-refractivity contribution in [2.75, 3.05) is 61.4 Å². The van der Waals surface area contributed by atoms with Crippen molar-refractivity contribution in [2.45, 2.75) is 12.8 Å². The molecule has 0 bridgehead atoms. The van der Waals surface area contributed by atoms with Gasteiger partial charge in [0.05, 0.1) is 11.4 Å². The lowest BCUT2D eigenvalue weighted by atomic mass is 9.96. The lowest BCUT2D eigenvalue weighted by Crippen LogP contribution is -2.45. The SMILES string of the molecule is CN1CCN(c2ccc(Cl)cc2NC(=O)C2CCN(c3nc4ccccc4o3)CC2)CC1. The second-order valence-corrected chi connectivity index (χ2v) is 9.10. The monoisotopic (exact) mass is 453 g/mol. The van der Waals surface area contributed by atoms with E-state index in [2.05, 4.69) is 32.0 Å². The van der Waals surface area contributed by atoms with Crippen molar-refractivity contribution in [1.82, 2.24) is 9.88 Å². The Morgan fingerprint density at radius 3 is 2.53 bits per heavy atom. The molecule has 0 aliphatic carbocycles. The number of nitrogens with one attached hydrogen (secondary N) is 1. The minimum absolute atomic E-state index is 0.0463. The van der Waals surface area contributed by atoms with Crippen LogP contribution >= 0.6 is 11.6 Å². The number of oxazole rings is 1. The number of piperidine rings is 1. The number of hydrogen-bond donors (Lipinski definition) is 1. The lowest BCUT2D eigenvalue weighted by Gasteiger charge is -2.35. The minimum Gasteiger partial charge on any atom is -0.423 e. The third-order valence-corrected chi connectivity index (χ3v) is 6.71. The highest BCUT2D eigenvalue weighted by molar-refractivity contribution is 6.31. The number of nitrogens with zero attached hydrogens (tertiary/aromatic N) is 4. The van der Waals surface area contributed by atoms with E-state index in [4.69, 9.17) is 16.0 Å². The van der Waals surface area contributed by atoms with Crippen molar-refractivity contribution in [1.29, 1.82) is 0 Å². The van der Waals surface area contributed by atoms with Crippen LogP contribution in [0.1, 0.15) is 12.8 Å². The third-order valence-electron chi connectivity index (χ3n) is 6.48. The minimum atomic E-state index is -0.0463. The zero-order chi connectivity index (χ0) is 22.1. The molecule has 0 unspecified atom stereocenters. The van der Waals surface area contributed by atoms with Crippen LogP contribution in [-0.4, -0.2) is 62.1 Å². The first-order chi connectivity index (χ1) is 15.6. The molecule has 32 heavy (non-hydrogen) atoms. The molecule has 5 rings (SSSR count). The van der Waals surface area contributed by atoms with Gasteiger partial charge in [-0.05, 0) is 50.2 Å². The van der Waals surface area contributed by atoms with Crippen LogP contribution in [0.2, 0.25) is 5.02 Å². The molecule has 1 amide bonds. The first kappa shape index (κ1) is 21.1. The molecule has 3 aromatic rings. The van der Waals surface area contributed by atoms with E-state index in [1.165, 1.54) is 0 Å². The van der Waals surface area contributed by atoms with Gasteiger partial charge in [0.2, 0.25) is 5.91 Å². The second kappa shape index (κ2) is 9.00. The maximum Gasteiger partial charge on any atom is 0.298 e. The molecule has 2 fully saturated rings. The first-order valence-electron chi connectivity index (χ1n) is 11.2. The van der Waals surface area contributed by atoms with Gasteiger partial charge in [0.1, 0.15) is 5.52 Å². The number of benzene rings is 2. The lowest BCUT2D eigenvalue weighted by molar-refractivity contribution is -0.120. The van der Waals surface area contributed by atoms with Crippen LogP contribution < -0.4 is 15.1 Å². The zero-order valence-electron chi connectivity index (χ0n) is 18.3. The summed E-state index contributed by atoms with van der Waals surface area (Å²) in [6, 6.07) is 14.2. The summed E-state index contributed by atoms with van der Waals surface area (Å²) >= 11 is 6.27. The molecule has 0 saturated carbocycles. The number of carbonyl (C=O) groups excluding carboxylic acids is 1. The number of amides is 1. The molecule has 1 aromatic heterocycles. The van der Waals surface area contributed by atoms with E-state index >= 15 is 0 Å². The molecule has 0 spiro atoms. The van der Waals surface area contributed by atoms with E-state index in [0.717, 1.165) is 74.6 Å². The summed E-state index contributed by atoms with van der Waals surface area (Å²) in [5.41, 5.74) is 3.49. The van der Waals surface area contributed by atoms with Crippen molar-refractivity contribution < 1.29 is 9.21 Å². The van der Waals surface area contributed by atoms with E-state index in [1.807, 2.05) is 42.5 Å². The molecular weight excluding hydrogens is 426 g/mol. The van der Waals surface area contributed by atoms with Gasteiger partial charge in [0, 0.05) is 50.2 Å². The Labute approximate surface area is 192 Å². The van der Waals surface area contributed by atoms with Gasteiger partial charge in [0.25, 0.3) is 6.01 Å². The van der Waals surface area contributed by atoms with Crippen LogP contribution in [0.15, 0.2) is 46.9 Å². The fourth-order valence-electron chi connectivity index (χ4n) is 4.49. The van der Waals surface area contributed by atoms with Gasteiger partial charge in [-0.1, -0.05) is 23.7 Å². The Kier molecular flexibility index (Phi) is 5.93. The van der Waals surface area contributed by atoms with E-state index in [9.17, 15) is 4.79 Å². The van der Waals surface area contributed by atoms with Crippen LogP contribution in [0.3, 0.4) is 0 Å². The van der Waals surface area contributed by atoms with Crippen molar-refractivity contribution in [3.05, 3.63) is 47.5 Å². The molecule has 2 saturated heterocycles. The third kappa shape index (κ3) is 4.40. The number of halogens is 1. The Balaban J connectivity index is 1.24. The van der Waals surface area contributed by atoms with Crippen LogP contribution in [0.25, 0.3) is 11.1 Å². The maximum absolute atomic E-state index is 13.1. The Morgan fingerprint density at radius 2 is 1.78 bits per heavy atom. The number of piperazine rings is 1. The predicted molar refractivity (Wildman–Crippen MR) is 129 cm³/mol. The number of likely N-dealkylation sites (N-methyl/N-ethyl adjacent to an activating group) is 1. The highest BCUT2D eigenvalue weighted by Gasteiger charge is 2.28. The highest BCUT2D eigenvalue weighted by atomic mass is 35.5. The predicted octanol–water partition coefficient (Wildman–Crippen LogP) is 4.09. The summed E-state index contributed by atoms with van der Waals surface area (Å²) in [5, 5.41) is 3.80. The standard InChI is InChI=1S/C24H28ClN5O2/c1-28-12-14-29(15-13-28)21-7-6-18(25)16-20(21)26-23(31)17-8-10-30(11-9-17)24-27-19-4-2-3-5-22(19)32-24/h2-7,16-17H,8-15H2,1H3,(H,26,31). The van der Waals surface area contributed by atoms with Crippen LogP contribution in [0, 0.1) is 5.92 Å². The molecule has 8 heteroatoms. The highest BCUT2D eigenvalue weighted by Crippen LogP contribution is 2.32. The summed E-state index contributed by atoms with van der Waals surface area (Å²) in [4.78, 5) is 24.5. The molecule has 2 aromatic carbocycles. The van der Waals surface area contributed by atoms with Crippen molar-refractivity contribution >= 4 is 46.0 Å². The molecule has 0 atom stereocenters. The molecule has 2 aliphatic heterocycles. The number of fused-ring (bicyclic) bond motifs is 1.